The van der Waals surface area contributed by atoms with Crippen LogP contribution >= 0.6 is 0 Å². The van der Waals surface area contributed by atoms with Gasteiger partial charge in [0.15, 0.2) is 0 Å². The van der Waals surface area contributed by atoms with Crippen LogP contribution in [0.5, 0.6) is 5.75 Å². The van der Waals surface area contributed by atoms with Crippen LogP contribution in [0.3, 0.4) is 0 Å². The molecular weight excluding hydrogens is 276 g/mol. The van der Waals surface area contributed by atoms with Crippen LogP contribution in [0.15, 0.2) is 18.2 Å². The molecule has 0 spiro atoms. The number of hydrogen-bond donors (Lipinski definition) is 2. The molecule has 0 aliphatic carbocycles. The molecule has 7 heteroatoms. The van der Waals surface area contributed by atoms with Crippen molar-refractivity contribution in [3.8, 4) is 5.75 Å². The topological polar surface area (TPSA) is 102 Å². The third-order valence-corrected chi connectivity index (χ3v) is 2.98. The lowest BCUT2D eigenvalue weighted by Crippen LogP contribution is -2.03. The average molecular weight is 296 g/mol. The number of rotatable bonds is 10. The van der Waals surface area contributed by atoms with Crippen molar-refractivity contribution in [1.29, 1.82) is 0 Å². The Labute approximate surface area is 123 Å². The van der Waals surface area contributed by atoms with Gasteiger partial charge in [-0.25, -0.2) is 0 Å². The number of nitrogens with zero attached hydrogens (tertiary/aromatic N) is 1. The highest BCUT2D eigenvalue weighted by Gasteiger charge is 2.09. The Morgan fingerprint density at radius 3 is 2.62 bits per heavy atom. The fraction of sp³-hybridized carbons (Fsp3) is 0.500. The van der Waals surface area contributed by atoms with Gasteiger partial charge in [0.2, 0.25) is 0 Å². The number of anilines is 1. The zero-order valence-corrected chi connectivity index (χ0v) is 12.0. The second-order valence-corrected chi connectivity index (χ2v) is 4.66. The molecule has 1 aromatic rings. The first kappa shape index (κ1) is 16.7. The molecule has 2 N–H and O–H groups in total. The Morgan fingerprint density at radius 1 is 1.29 bits per heavy atom. The van der Waals surface area contributed by atoms with E-state index >= 15 is 0 Å². The van der Waals surface area contributed by atoms with Crippen molar-refractivity contribution in [3.63, 3.8) is 0 Å². The minimum absolute atomic E-state index is 0.0155. The first-order valence-corrected chi connectivity index (χ1v) is 6.82. The number of nitro groups is 1. The summed E-state index contributed by atoms with van der Waals surface area (Å²) in [6.07, 6.45) is 3.55. The number of hydrogen-bond acceptors (Lipinski definition) is 5. The summed E-state index contributed by atoms with van der Waals surface area (Å²) < 4.78 is 5.03. The number of unbranched alkanes of at least 4 members (excludes halogenated alkanes) is 3. The molecule has 1 rings (SSSR count). The molecule has 0 bridgehead atoms. The zero-order chi connectivity index (χ0) is 15.7. The van der Waals surface area contributed by atoms with E-state index in [1.54, 1.807) is 6.07 Å². The minimum Gasteiger partial charge on any atom is -0.496 e. The third-order valence-electron chi connectivity index (χ3n) is 2.98. The van der Waals surface area contributed by atoms with E-state index in [0.717, 1.165) is 19.3 Å². The number of nitro benzene ring substituents is 1. The molecule has 0 aliphatic rings. The summed E-state index contributed by atoms with van der Waals surface area (Å²) >= 11 is 0. The van der Waals surface area contributed by atoms with Crippen LogP contribution in [0.4, 0.5) is 11.4 Å². The van der Waals surface area contributed by atoms with Crippen molar-refractivity contribution in [2.75, 3.05) is 19.0 Å². The molecule has 0 saturated heterocycles. The van der Waals surface area contributed by atoms with Gasteiger partial charge in [-0.2, -0.15) is 0 Å². The van der Waals surface area contributed by atoms with E-state index in [4.69, 9.17) is 9.84 Å². The van der Waals surface area contributed by atoms with E-state index in [-0.39, 0.29) is 12.1 Å². The molecular formula is C14H20N2O5. The molecule has 0 aliphatic heterocycles. The maximum atomic E-state index is 10.8. The molecule has 0 heterocycles. The predicted molar refractivity (Wildman–Crippen MR) is 78.9 cm³/mol. The molecule has 1 aromatic carbocycles. The average Bonchev–Trinajstić information content (AvgIpc) is 2.45. The summed E-state index contributed by atoms with van der Waals surface area (Å²) in [5.41, 5.74) is 0.630. The molecule has 0 fully saturated rings. The number of carbonyl (C=O) groups is 1. The Hall–Kier alpha value is -2.31. The zero-order valence-electron chi connectivity index (χ0n) is 12.0. The van der Waals surface area contributed by atoms with Gasteiger partial charge >= 0.3 is 5.97 Å². The summed E-state index contributed by atoms with van der Waals surface area (Å²) in [6.45, 7) is 0.678. The maximum absolute atomic E-state index is 10.8. The van der Waals surface area contributed by atoms with Crippen LogP contribution < -0.4 is 10.1 Å². The predicted octanol–water partition coefficient (Wildman–Crippen LogP) is 3.05. The molecule has 21 heavy (non-hydrogen) atoms. The van der Waals surface area contributed by atoms with Gasteiger partial charge in [0.25, 0.3) is 5.69 Å². The summed E-state index contributed by atoms with van der Waals surface area (Å²) in [5.74, 6) is -0.329. The standard InChI is InChI=1S/C14H20N2O5/c1-21-13-9-11(8-12(10-13)16(19)20)15-7-5-3-2-4-6-14(17)18/h8-10,15H,2-7H2,1H3,(H,17,18). The minimum atomic E-state index is -0.767. The number of nitrogens with one attached hydrogen (secondary N) is 1. The van der Waals surface area contributed by atoms with Gasteiger partial charge in [-0.1, -0.05) is 12.8 Å². The van der Waals surface area contributed by atoms with Gasteiger partial charge in [0.05, 0.1) is 18.1 Å². The van der Waals surface area contributed by atoms with Crippen LogP contribution in [0.1, 0.15) is 32.1 Å². The monoisotopic (exact) mass is 296 g/mol. The van der Waals surface area contributed by atoms with Crippen LogP contribution in [-0.2, 0) is 4.79 Å². The van der Waals surface area contributed by atoms with Crippen molar-refractivity contribution < 1.29 is 19.6 Å². The molecule has 0 aromatic heterocycles. The summed E-state index contributed by atoms with van der Waals surface area (Å²) in [7, 11) is 1.46. The van der Waals surface area contributed by atoms with Gasteiger partial charge in [-0.3, -0.25) is 14.9 Å². The highest BCUT2D eigenvalue weighted by Crippen LogP contribution is 2.25. The number of carboxylic acids is 1. The lowest BCUT2D eigenvalue weighted by Gasteiger charge is -2.08. The van der Waals surface area contributed by atoms with Crippen molar-refractivity contribution in [2.45, 2.75) is 32.1 Å². The second kappa shape index (κ2) is 8.78. The van der Waals surface area contributed by atoms with E-state index in [0.29, 0.717) is 24.4 Å². The van der Waals surface area contributed by atoms with Crippen molar-refractivity contribution in [3.05, 3.63) is 28.3 Å². The van der Waals surface area contributed by atoms with Gasteiger partial charge in [-0.05, 0) is 12.8 Å². The van der Waals surface area contributed by atoms with E-state index < -0.39 is 10.9 Å². The first-order chi connectivity index (χ1) is 10.0. The number of ether oxygens (including phenoxy) is 1. The first-order valence-electron chi connectivity index (χ1n) is 6.82. The fourth-order valence-corrected chi connectivity index (χ4v) is 1.90. The van der Waals surface area contributed by atoms with E-state index in [9.17, 15) is 14.9 Å². The molecule has 116 valence electrons. The van der Waals surface area contributed by atoms with Crippen LogP contribution in [0.2, 0.25) is 0 Å². The number of non-ortho nitro benzene ring substituents is 1. The molecule has 0 atom stereocenters. The van der Waals surface area contributed by atoms with Crippen LogP contribution in [0, 0.1) is 10.1 Å². The third kappa shape index (κ3) is 6.60. The number of carboxylic acid groups (broad SMARTS) is 1. The normalized spacial score (nSPS) is 10.1. The van der Waals surface area contributed by atoms with Gasteiger partial charge in [-0.15, -0.1) is 0 Å². The number of aliphatic carboxylic acids is 1. The van der Waals surface area contributed by atoms with Gasteiger partial charge < -0.3 is 15.2 Å². The SMILES string of the molecule is COc1cc(NCCCCCCC(=O)O)cc([N+](=O)[O-])c1. The highest BCUT2D eigenvalue weighted by molar-refractivity contribution is 5.66. The molecule has 0 saturated carbocycles. The summed E-state index contributed by atoms with van der Waals surface area (Å²) in [6, 6.07) is 4.54. The van der Waals surface area contributed by atoms with E-state index in [1.807, 2.05) is 0 Å². The Balaban J connectivity index is 2.36. The van der Waals surface area contributed by atoms with Crippen LogP contribution in [0.25, 0.3) is 0 Å². The van der Waals surface area contributed by atoms with Crippen molar-refractivity contribution >= 4 is 17.3 Å². The Bertz CT molecular complexity index is 490. The second-order valence-electron chi connectivity index (χ2n) is 4.66. The maximum Gasteiger partial charge on any atom is 0.303 e. The molecule has 0 unspecified atom stereocenters. The summed E-state index contributed by atoms with van der Waals surface area (Å²) in [4.78, 5) is 20.7. The van der Waals surface area contributed by atoms with Crippen molar-refractivity contribution in [2.24, 2.45) is 0 Å². The molecule has 0 radical (unpaired) electrons. The lowest BCUT2D eigenvalue weighted by atomic mass is 10.1. The summed E-state index contributed by atoms with van der Waals surface area (Å²) in [5, 5.41) is 22.4. The smallest absolute Gasteiger partial charge is 0.303 e. The largest absolute Gasteiger partial charge is 0.496 e. The van der Waals surface area contributed by atoms with Gasteiger partial charge in [0, 0.05) is 30.8 Å². The fourth-order valence-electron chi connectivity index (χ4n) is 1.90. The Morgan fingerprint density at radius 2 is 2.00 bits per heavy atom. The highest BCUT2D eigenvalue weighted by atomic mass is 16.6. The number of benzene rings is 1. The number of methoxy groups -OCH3 is 1. The quantitative estimate of drug-likeness (QED) is 0.391. The molecule has 0 amide bonds. The lowest BCUT2D eigenvalue weighted by molar-refractivity contribution is -0.384. The molecule has 7 nitrogen and oxygen atoms in total. The van der Waals surface area contributed by atoms with Crippen molar-refractivity contribution in [1.82, 2.24) is 0 Å². The van der Waals surface area contributed by atoms with E-state index in [1.165, 1.54) is 19.2 Å². The Kier molecular flexibility index (Phi) is 7.00. The van der Waals surface area contributed by atoms with Crippen LogP contribution in [-0.4, -0.2) is 29.7 Å². The van der Waals surface area contributed by atoms with Gasteiger partial charge in [0.1, 0.15) is 5.75 Å². The van der Waals surface area contributed by atoms with E-state index in [2.05, 4.69) is 5.32 Å².